The van der Waals surface area contributed by atoms with E-state index in [2.05, 4.69) is 29.8 Å². The number of carbonyl (C=O) groups is 1. The molecule has 0 spiro atoms. The zero-order chi connectivity index (χ0) is 7.98. The van der Waals surface area contributed by atoms with Crippen LogP contribution in [0, 0.1) is 11.8 Å². The summed E-state index contributed by atoms with van der Waals surface area (Å²) in [6.07, 6.45) is 2.84. The topological polar surface area (TPSA) is 17.1 Å². The van der Waals surface area contributed by atoms with Gasteiger partial charge in [0.25, 0.3) is 0 Å². The summed E-state index contributed by atoms with van der Waals surface area (Å²) in [5.74, 6) is 1.19. The molecule has 0 radical (unpaired) electrons. The first kappa shape index (κ1) is 10.2. The van der Waals surface area contributed by atoms with Gasteiger partial charge in [0.2, 0.25) is 0 Å². The molecule has 0 fully saturated rings. The van der Waals surface area contributed by atoms with Crippen molar-refractivity contribution >= 4 is 22.2 Å². The van der Waals surface area contributed by atoms with Crippen molar-refractivity contribution in [1.82, 2.24) is 0 Å². The number of halogens is 1. The lowest BCUT2D eigenvalue weighted by Crippen LogP contribution is -2.09. The van der Waals surface area contributed by atoms with E-state index >= 15 is 0 Å². The average molecular weight is 207 g/mol. The molecule has 0 amide bonds. The third-order valence-corrected chi connectivity index (χ3v) is 2.28. The highest BCUT2D eigenvalue weighted by atomic mass is 79.9. The first-order chi connectivity index (χ1) is 4.72. The van der Waals surface area contributed by atoms with Crippen LogP contribution >= 0.6 is 15.9 Å². The van der Waals surface area contributed by atoms with Gasteiger partial charge in [0.05, 0.1) is 0 Å². The lowest BCUT2D eigenvalue weighted by Gasteiger charge is -2.15. The van der Waals surface area contributed by atoms with E-state index < -0.39 is 0 Å². The monoisotopic (exact) mass is 206 g/mol. The Morgan fingerprint density at radius 2 is 2.10 bits per heavy atom. The number of alkyl halides is 1. The Morgan fingerprint density at radius 3 is 2.40 bits per heavy atom. The van der Waals surface area contributed by atoms with Gasteiger partial charge in [0.15, 0.2) is 0 Å². The molecule has 0 aliphatic heterocycles. The molecule has 0 aliphatic carbocycles. The van der Waals surface area contributed by atoms with Gasteiger partial charge in [0.1, 0.15) is 6.29 Å². The first-order valence-electron chi connectivity index (χ1n) is 3.72. The maximum absolute atomic E-state index is 10.2. The van der Waals surface area contributed by atoms with Gasteiger partial charge in [-0.25, -0.2) is 0 Å². The summed E-state index contributed by atoms with van der Waals surface area (Å²) in [6, 6.07) is 0. The van der Waals surface area contributed by atoms with Crippen LogP contribution in [0.4, 0.5) is 0 Å². The third kappa shape index (κ3) is 4.04. The molecule has 0 aromatic rings. The molecular formula is C8H15BrO. The van der Waals surface area contributed by atoms with Gasteiger partial charge in [-0.3, -0.25) is 0 Å². The van der Waals surface area contributed by atoms with E-state index in [1.54, 1.807) is 0 Å². The van der Waals surface area contributed by atoms with E-state index in [1.807, 2.05) is 0 Å². The minimum atomic E-state index is 0.567. The number of carbonyl (C=O) groups excluding carboxylic acids is 1. The van der Waals surface area contributed by atoms with Gasteiger partial charge in [0, 0.05) is 11.8 Å². The Labute approximate surface area is 71.3 Å². The molecule has 0 aromatic carbocycles. The summed E-state index contributed by atoms with van der Waals surface area (Å²) < 4.78 is 0. The molecule has 0 rings (SSSR count). The molecule has 0 aliphatic rings. The fourth-order valence-electron chi connectivity index (χ4n) is 0.987. The molecule has 0 bridgehead atoms. The van der Waals surface area contributed by atoms with Gasteiger partial charge in [-0.1, -0.05) is 29.8 Å². The highest BCUT2D eigenvalue weighted by Gasteiger charge is 2.10. The molecule has 1 nitrogen and oxygen atoms in total. The highest BCUT2D eigenvalue weighted by molar-refractivity contribution is 9.09. The second-order valence-electron chi connectivity index (χ2n) is 2.88. The van der Waals surface area contributed by atoms with Crippen LogP contribution in [0.25, 0.3) is 0 Å². The molecule has 0 saturated carbocycles. The summed E-state index contributed by atoms with van der Waals surface area (Å²) in [5, 5.41) is 1.00. The largest absolute Gasteiger partial charge is 0.303 e. The maximum Gasteiger partial charge on any atom is 0.120 e. The van der Waals surface area contributed by atoms with E-state index in [0.717, 1.165) is 18.0 Å². The molecule has 0 N–H and O–H groups in total. The van der Waals surface area contributed by atoms with Gasteiger partial charge >= 0.3 is 0 Å². The van der Waals surface area contributed by atoms with Crippen LogP contribution in [-0.2, 0) is 4.79 Å². The number of aldehydes is 1. The summed E-state index contributed by atoms with van der Waals surface area (Å²) in [7, 11) is 0. The van der Waals surface area contributed by atoms with Crippen LogP contribution in [0.3, 0.4) is 0 Å². The molecule has 0 heterocycles. The van der Waals surface area contributed by atoms with Crippen molar-refractivity contribution in [3.05, 3.63) is 0 Å². The van der Waals surface area contributed by atoms with Gasteiger partial charge in [-0.05, 0) is 18.3 Å². The second kappa shape index (κ2) is 5.90. The first-order valence-corrected chi connectivity index (χ1v) is 4.84. The number of rotatable bonds is 5. The number of hydrogen-bond acceptors (Lipinski definition) is 1. The van der Waals surface area contributed by atoms with Crippen LogP contribution in [-0.4, -0.2) is 11.6 Å². The molecule has 1 atom stereocenters. The van der Waals surface area contributed by atoms with Crippen LogP contribution < -0.4 is 0 Å². The summed E-state index contributed by atoms with van der Waals surface area (Å²) in [6.45, 7) is 4.33. The summed E-state index contributed by atoms with van der Waals surface area (Å²) >= 11 is 3.37. The van der Waals surface area contributed by atoms with E-state index in [1.165, 1.54) is 0 Å². The molecule has 10 heavy (non-hydrogen) atoms. The Kier molecular flexibility index (Phi) is 5.99. The van der Waals surface area contributed by atoms with E-state index in [4.69, 9.17) is 0 Å². The van der Waals surface area contributed by atoms with Gasteiger partial charge in [-0.15, -0.1) is 0 Å². The molecule has 2 heteroatoms. The summed E-state index contributed by atoms with van der Waals surface area (Å²) in [5.41, 5.74) is 0. The van der Waals surface area contributed by atoms with Crippen molar-refractivity contribution in [1.29, 1.82) is 0 Å². The van der Waals surface area contributed by atoms with Crippen LogP contribution in [0.5, 0.6) is 0 Å². The summed E-state index contributed by atoms with van der Waals surface area (Å²) in [4.78, 5) is 10.2. The maximum atomic E-state index is 10.2. The van der Waals surface area contributed by atoms with Crippen molar-refractivity contribution in [3.63, 3.8) is 0 Å². The Morgan fingerprint density at radius 1 is 1.50 bits per heavy atom. The zero-order valence-corrected chi connectivity index (χ0v) is 8.23. The van der Waals surface area contributed by atoms with Crippen molar-refractivity contribution < 1.29 is 4.79 Å². The Bertz CT molecular complexity index is 91.3. The molecule has 60 valence electrons. The average Bonchev–Trinajstić information content (AvgIpc) is 1.87. The minimum Gasteiger partial charge on any atom is -0.303 e. The number of hydrogen-bond donors (Lipinski definition) is 0. The van der Waals surface area contributed by atoms with Crippen molar-refractivity contribution in [2.75, 3.05) is 5.33 Å². The molecule has 0 unspecified atom stereocenters. The van der Waals surface area contributed by atoms with Crippen LogP contribution in [0.1, 0.15) is 26.7 Å². The molecule has 0 saturated heterocycles. The predicted octanol–water partition coefficient (Wildman–Crippen LogP) is 2.63. The molecule has 0 aromatic heterocycles. The second-order valence-corrected chi connectivity index (χ2v) is 3.68. The molecular weight excluding hydrogens is 192 g/mol. The Hall–Kier alpha value is 0.150. The highest BCUT2D eigenvalue weighted by Crippen LogP contribution is 2.18. The van der Waals surface area contributed by atoms with Crippen LogP contribution in [0.2, 0.25) is 0 Å². The smallest absolute Gasteiger partial charge is 0.120 e. The Balaban J connectivity index is 3.60. The van der Waals surface area contributed by atoms with E-state index in [9.17, 15) is 4.79 Å². The third-order valence-electron chi connectivity index (χ3n) is 1.82. The van der Waals surface area contributed by atoms with Crippen molar-refractivity contribution in [3.8, 4) is 0 Å². The SMILES string of the molecule is CC(C)[C@@H](CC=O)CCBr. The zero-order valence-electron chi connectivity index (χ0n) is 6.64. The van der Waals surface area contributed by atoms with Gasteiger partial charge in [-0.2, -0.15) is 0 Å². The van der Waals surface area contributed by atoms with Crippen LogP contribution in [0.15, 0.2) is 0 Å². The van der Waals surface area contributed by atoms with Gasteiger partial charge < -0.3 is 4.79 Å². The fourth-order valence-corrected chi connectivity index (χ4v) is 1.58. The van der Waals surface area contributed by atoms with Crippen molar-refractivity contribution in [2.24, 2.45) is 11.8 Å². The standard InChI is InChI=1S/C8H15BrO/c1-7(2)8(3-5-9)4-6-10/h6-8H,3-5H2,1-2H3/t8-/m1/s1. The van der Waals surface area contributed by atoms with E-state index in [-0.39, 0.29) is 0 Å². The predicted molar refractivity (Wildman–Crippen MR) is 47.4 cm³/mol. The van der Waals surface area contributed by atoms with E-state index in [0.29, 0.717) is 18.3 Å². The lowest BCUT2D eigenvalue weighted by atomic mass is 9.91. The normalized spacial score (nSPS) is 13.6. The fraction of sp³-hybridized carbons (Fsp3) is 0.875. The lowest BCUT2D eigenvalue weighted by molar-refractivity contribution is -0.108. The minimum absolute atomic E-state index is 0.567. The quantitative estimate of drug-likeness (QED) is 0.500. The van der Waals surface area contributed by atoms with Crippen molar-refractivity contribution in [2.45, 2.75) is 26.7 Å².